The Morgan fingerprint density at radius 1 is 1.28 bits per heavy atom. The van der Waals surface area contributed by atoms with Crippen LogP contribution in [0.25, 0.3) is 0 Å². The lowest BCUT2D eigenvalue weighted by Crippen LogP contribution is -2.42. The van der Waals surface area contributed by atoms with Crippen molar-refractivity contribution in [1.29, 1.82) is 0 Å². The summed E-state index contributed by atoms with van der Waals surface area (Å²) in [7, 11) is 0. The Bertz CT molecular complexity index is 329. The lowest BCUT2D eigenvalue weighted by Gasteiger charge is -2.17. The van der Waals surface area contributed by atoms with E-state index in [1.807, 2.05) is 13.8 Å². The van der Waals surface area contributed by atoms with Crippen LogP contribution in [0.2, 0.25) is 0 Å². The summed E-state index contributed by atoms with van der Waals surface area (Å²) in [5.74, 6) is -1.28. The molecule has 3 N–H and O–H groups in total. The van der Waals surface area contributed by atoms with Gasteiger partial charge in [0.2, 0.25) is 5.91 Å². The first kappa shape index (κ1) is 16.8. The molecule has 0 aromatic heterocycles. The van der Waals surface area contributed by atoms with Crippen LogP contribution in [0.4, 0.5) is 4.79 Å². The van der Waals surface area contributed by atoms with E-state index < -0.39 is 22.7 Å². The molecule has 0 heterocycles. The molecule has 0 aromatic carbocycles. The Morgan fingerprint density at radius 2 is 1.83 bits per heavy atom. The quantitative estimate of drug-likeness (QED) is 0.674. The zero-order chi connectivity index (χ0) is 14.3. The third kappa shape index (κ3) is 7.16. The number of nitrogens with one attached hydrogen (secondary N) is 2. The number of imide groups is 1. The molecule has 0 aliphatic carbocycles. The van der Waals surface area contributed by atoms with Gasteiger partial charge < -0.3 is 10.4 Å². The maximum Gasteiger partial charge on any atom is 0.321 e. The maximum atomic E-state index is 11.4. The first-order valence-corrected chi connectivity index (χ1v) is 6.58. The van der Waals surface area contributed by atoms with Gasteiger partial charge in [0.05, 0.1) is 5.75 Å². The number of rotatable bonds is 6. The summed E-state index contributed by atoms with van der Waals surface area (Å²) < 4.78 is -1.05. The molecule has 0 saturated heterocycles. The van der Waals surface area contributed by atoms with E-state index in [1.54, 1.807) is 0 Å². The van der Waals surface area contributed by atoms with Gasteiger partial charge in [-0.1, -0.05) is 13.8 Å². The number of carboxylic acid groups (broad SMARTS) is 1. The van der Waals surface area contributed by atoms with Gasteiger partial charge in [-0.25, -0.2) is 4.79 Å². The molecule has 0 aromatic rings. The van der Waals surface area contributed by atoms with Crippen LogP contribution in [0.3, 0.4) is 0 Å². The molecule has 18 heavy (non-hydrogen) atoms. The number of carboxylic acids is 1. The van der Waals surface area contributed by atoms with E-state index in [4.69, 9.17) is 5.11 Å². The van der Waals surface area contributed by atoms with Crippen molar-refractivity contribution in [3.05, 3.63) is 0 Å². The molecule has 6 nitrogen and oxygen atoms in total. The molecule has 0 fully saturated rings. The second kappa shape index (κ2) is 7.25. The Kier molecular flexibility index (Phi) is 6.75. The van der Waals surface area contributed by atoms with Crippen LogP contribution < -0.4 is 10.6 Å². The summed E-state index contributed by atoms with van der Waals surface area (Å²) in [5, 5.41) is 13.5. The highest BCUT2D eigenvalue weighted by molar-refractivity contribution is 8.01. The summed E-state index contributed by atoms with van der Waals surface area (Å²) in [4.78, 5) is 33.4. The normalized spacial score (nSPS) is 11.2. The van der Waals surface area contributed by atoms with Gasteiger partial charge in [0.25, 0.3) is 0 Å². The number of hydrogen-bond acceptors (Lipinski definition) is 4. The van der Waals surface area contributed by atoms with Gasteiger partial charge in [0.15, 0.2) is 0 Å². The maximum absolute atomic E-state index is 11.4. The summed E-state index contributed by atoms with van der Waals surface area (Å²) in [5.41, 5.74) is 0. The molecule has 0 aliphatic rings. The van der Waals surface area contributed by atoms with E-state index >= 15 is 0 Å². The van der Waals surface area contributed by atoms with Crippen molar-refractivity contribution < 1.29 is 19.5 Å². The third-order valence-electron chi connectivity index (χ3n) is 2.00. The lowest BCUT2D eigenvalue weighted by molar-refractivity contribution is -0.138. The van der Waals surface area contributed by atoms with E-state index in [0.29, 0.717) is 12.5 Å². The topological polar surface area (TPSA) is 95.5 Å². The first-order chi connectivity index (χ1) is 8.15. The summed E-state index contributed by atoms with van der Waals surface area (Å²) in [6, 6.07) is -0.553. The van der Waals surface area contributed by atoms with Crippen molar-refractivity contribution in [2.75, 3.05) is 12.3 Å². The third-order valence-corrected chi connectivity index (χ3v) is 3.31. The van der Waals surface area contributed by atoms with Gasteiger partial charge in [0, 0.05) is 6.54 Å². The van der Waals surface area contributed by atoms with Crippen LogP contribution >= 0.6 is 11.8 Å². The Labute approximate surface area is 111 Å². The van der Waals surface area contributed by atoms with Gasteiger partial charge in [-0.05, 0) is 19.8 Å². The van der Waals surface area contributed by atoms with Crippen LogP contribution in [-0.2, 0) is 9.59 Å². The van der Waals surface area contributed by atoms with Crippen molar-refractivity contribution in [3.8, 4) is 0 Å². The van der Waals surface area contributed by atoms with Crippen molar-refractivity contribution in [3.63, 3.8) is 0 Å². The van der Waals surface area contributed by atoms with Crippen molar-refractivity contribution in [2.45, 2.75) is 32.4 Å². The Morgan fingerprint density at radius 3 is 2.28 bits per heavy atom. The van der Waals surface area contributed by atoms with Gasteiger partial charge in [-0.2, -0.15) is 0 Å². The Hall–Kier alpha value is -1.24. The summed E-state index contributed by atoms with van der Waals surface area (Å²) >= 11 is 0.970. The van der Waals surface area contributed by atoms with Crippen LogP contribution in [0.15, 0.2) is 0 Å². The lowest BCUT2D eigenvalue weighted by atomic mass is 10.2. The van der Waals surface area contributed by atoms with Crippen LogP contribution in [0, 0.1) is 5.92 Å². The SMILES string of the molecule is CC(C)CNC(=O)NC(=O)CSC(C)(C)C(=O)O. The van der Waals surface area contributed by atoms with Crippen LogP contribution in [0.1, 0.15) is 27.7 Å². The fraction of sp³-hybridized carbons (Fsp3) is 0.727. The first-order valence-electron chi connectivity index (χ1n) is 5.60. The minimum absolute atomic E-state index is 0.0750. The number of hydrogen-bond donors (Lipinski definition) is 3. The zero-order valence-electron chi connectivity index (χ0n) is 11.1. The molecule has 0 saturated carbocycles. The smallest absolute Gasteiger partial charge is 0.321 e. The summed E-state index contributed by atoms with van der Waals surface area (Å²) in [6.45, 7) is 7.37. The molecule has 0 bridgehead atoms. The standard InChI is InChI=1S/C11H20N2O4S/c1-7(2)5-12-10(17)13-8(14)6-18-11(3,4)9(15)16/h7H,5-6H2,1-4H3,(H,15,16)(H2,12,13,14,17). The van der Waals surface area contributed by atoms with E-state index in [1.165, 1.54) is 13.8 Å². The fourth-order valence-electron chi connectivity index (χ4n) is 0.811. The summed E-state index contributed by atoms with van der Waals surface area (Å²) in [6.07, 6.45) is 0. The fourth-order valence-corrected chi connectivity index (χ4v) is 1.50. The molecule has 3 amide bonds. The number of urea groups is 1. The molecule has 0 atom stereocenters. The van der Waals surface area contributed by atoms with Crippen LogP contribution in [-0.4, -0.2) is 40.1 Å². The second-order valence-corrected chi connectivity index (χ2v) is 6.35. The number of aliphatic carboxylic acids is 1. The van der Waals surface area contributed by atoms with Crippen LogP contribution in [0.5, 0.6) is 0 Å². The highest BCUT2D eigenvalue weighted by Gasteiger charge is 2.28. The molecule has 0 radical (unpaired) electrons. The monoisotopic (exact) mass is 276 g/mol. The van der Waals surface area contributed by atoms with E-state index in [-0.39, 0.29) is 5.75 Å². The highest BCUT2D eigenvalue weighted by Crippen LogP contribution is 2.23. The molecule has 7 heteroatoms. The predicted molar refractivity (Wildman–Crippen MR) is 70.6 cm³/mol. The number of carbonyl (C=O) groups excluding carboxylic acids is 2. The van der Waals surface area contributed by atoms with Crippen molar-refractivity contribution in [2.24, 2.45) is 5.92 Å². The van der Waals surface area contributed by atoms with Gasteiger partial charge in [-0.15, -0.1) is 11.8 Å². The second-order valence-electron chi connectivity index (χ2n) is 4.76. The predicted octanol–water partition coefficient (Wildman–Crippen LogP) is 1.06. The van der Waals surface area contributed by atoms with Gasteiger partial charge in [-0.3, -0.25) is 14.9 Å². The largest absolute Gasteiger partial charge is 0.480 e. The van der Waals surface area contributed by atoms with Crippen molar-refractivity contribution >= 4 is 29.7 Å². The molecule has 0 rings (SSSR count). The molecular weight excluding hydrogens is 256 g/mol. The zero-order valence-corrected chi connectivity index (χ0v) is 11.9. The average Bonchev–Trinajstić information content (AvgIpc) is 2.23. The number of amides is 3. The van der Waals surface area contributed by atoms with E-state index in [0.717, 1.165) is 11.8 Å². The molecule has 0 unspecified atom stereocenters. The van der Waals surface area contributed by atoms with Crippen molar-refractivity contribution in [1.82, 2.24) is 10.6 Å². The van der Waals surface area contributed by atoms with Gasteiger partial charge >= 0.3 is 12.0 Å². The number of carbonyl (C=O) groups is 3. The molecule has 104 valence electrons. The van der Waals surface area contributed by atoms with E-state index in [9.17, 15) is 14.4 Å². The van der Waals surface area contributed by atoms with Gasteiger partial charge in [0.1, 0.15) is 4.75 Å². The number of thioether (sulfide) groups is 1. The van der Waals surface area contributed by atoms with E-state index in [2.05, 4.69) is 10.6 Å². The minimum atomic E-state index is -1.05. The minimum Gasteiger partial charge on any atom is -0.480 e. The average molecular weight is 276 g/mol. The molecular formula is C11H20N2O4S. The molecule has 0 spiro atoms. The highest BCUT2D eigenvalue weighted by atomic mass is 32.2. The molecule has 0 aliphatic heterocycles. The Balaban J connectivity index is 3.98.